The number of alkyl halides is 3. The van der Waals surface area contributed by atoms with E-state index in [1.54, 1.807) is 6.20 Å². The molecule has 0 saturated heterocycles. The van der Waals surface area contributed by atoms with Crippen molar-refractivity contribution in [2.24, 2.45) is 0 Å². The lowest BCUT2D eigenvalue weighted by Gasteiger charge is -2.11. The molecular formula is C14H16F3N3. The van der Waals surface area contributed by atoms with Crippen LogP contribution < -0.4 is 5.32 Å². The monoisotopic (exact) mass is 283 g/mol. The van der Waals surface area contributed by atoms with Gasteiger partial charge in [0.05, 0.1) is 17.5 Å². The van der Waals surface area contributed by atoms with E-state index in [-0.39, 0.29) is 6.04 Å². The van der Waals surface area contributed by atoms with Crippen LogP contribution in [0.15, 0.2) is 30.5 Å². The van der Waals surface area contributed by atoms with Gasteiger partial charge in [-0.15, -0.1) is 0 Å². The molecule has 2 N–H and O–H groups in total. The van der Waals surface area contributed by atoms with Gasteiger partial charge in [-0.25, -0.2) is 0 Å². The first kappa shape index (κ1) is 14.6. The molecule has 1 heterocycles. The molecule has 1 aromatic heterocycles. The molecule has 1 atom stereocenters. The van der Waals surface area contributed by atoms with Gasteiger partial charge in [-0.05, 0) is 43.7 Å². The number of halogens is 3. The first-order chi connectivity index (χ1) is 9.41. The highest BCUT2D eigenvalue weighted by atomic mass is 19.4. The van der Waals surface area contributed by atoms with Crippen LogP contribution in [-0.2, 0) is 12.6 Å². The fraction of sp³-hybridized carbons (Fsp3) is 0.357. The zero-order chi connectivity index (χ0) is 14.8. The highest BCUT2D eigenvalue weighted by Crippen LogP contribution is 2.31. The molecule has 0 fully saturated rings. The van der Waals surface area contributed by atoms with E-state index in [0.29, 0.717) is 5.56 Å². The number of benzene rings is 1. The molecular weight excluding hydrogens is 267 g/mol. The first-order valence-corrected chi connectivity index (χ1v) is 6.29. The van der Waals surface area contributed by atoms with Crippen molar-refractivity contribution in [2.75, 3.05) is 7.05 Å². The van der Waals surface area contributed by atoms with E-state index in [9.17, 15) is 13.2 Å². The van der Waals surface area contributed by atoms with Gasteiger partial charge in [0.1, 0.15) is 0 Å². The number of aromatic nitrogens is 2. The van der Waals surface area contributed by atoms with E-state index in [2.05, 4.69) is 15.5 Å². The number of likely N-dealkylation sites (N-methyl/N-ethyl adjacent to an activating group) is 1. The molecule has 0 aliphatic carbocycles. The summed E-state index contributed by atoms with van der Waals surface area (Å²) in [4.78, 5) is 0. The summed E-state index contributed by atoms with van der Waals surface area (Å²) in [5.74, 6) is 0. The molecule has 108 valence electrons. The molecule has 1 aromatic carbocycles. The summed E-state index contributed by atoms with van der Waals surface area (Å²) in [5, 5.41) is 9.95. The summed E-state index contributed by atoms with van der Waals surface area (Å²) in [6, 6.07) is 5.36. The van der Waals surface area contributed by atoms with Gasteiger partial charge < -0.3 is 5.32 Å². The van der Waals surface area contributed by atoms with E-state index in [0.717, 1.165) is 29.8 Å². The second-order valence-corrected chi connectivity index (χ2v) is 4.74. The van der Waals surface area contributed by atoms with Crippen molar-refractivity contribution >= 4 is 0 Å². The second kappa shape index (κ2) is 5.66. The van der Waals surface area contributed by atoms with Crippen molar-refractivity contribution in [1.29, 1.82) is 0 Å². The Kier molecular flexibility index (Phi) is 4.13. The second-order valence-electron chi connectivity index (χ2n) is 4.74. The number of nitrogens with zero attached hydrogens (tertiary/aromatic N) is 1. The van der Waals surface area contributed by atoms with Crippen molar-refractivity contribution in [3.63, 3.8) is 0 Å². The fourth-order valence-electron chi connectivity index (χ4n) is 1.97. The van der Waals surface area contributed by atoms with Crippen LogP contribution in [0.1, 0.15) is 18.1 Å². The average Bonchev–Trinajstić information content (AvgIpc) is 2.86. The van der Waals surface area contributed by atoms with E-state index >= 15 is 0 Å². The lowest BCUT2D eigenvalue weighted by Crippen LogP contribution is -2.23. The molecule has 0 radical (unpaired) electrons. The predicted molar refractivity (Wildman–Crippen MR) is 71.3 cm³/mol. The van der Waals surface area contributed by atoms with Gasteiger partial charge in [0.25, 0.3) is 0 Å². The quantitative estimate of drug-likeness (QED) is 0.904. The van der Waals surface area contributed by atoms with Crippen LogP contribution in [0, 0.1) is 0 Å². The molecule has 0 bridgehead atoms. The van der Waals surface area contributed by atoms with Crippen molar-refractivity contribution in [3.05, 3.63) is 41.6 Å². The summed E-state index contributed by atoms with van der Waals surface area (Å²) in [7, 11) is 1.86. The Balaban J connectivity index is 2.26. The Labute approximate surface area is 115 Å². The van der Waals surface area contributed by atoms with E-state index < -0.39 is 11.7 Å². The highest BCUT2D eigenvalue weighted by Gasteiger charge is 2.30. The SMILES string of the molecule is CNC(C)Cc1cn[nH]c1-c1ccc(C(F)(F)F)cc1. The third-order valence-corrected chi connectivity index (χ3v) is 3.24. The van der Waals surface area contributed by atoms with Crippen LogP contribution in [0.4, 0.5) is 13.2 Å². The maximum Gasteiger partial charge on any atom is 0.416 e. The van der Waals surface area contributed by atoms with Crippen molar-refractivity contribution in [2.45, 2.75) is 25.6 Å². The van der Waals surface area contributed by atoms with Crippen molar-refractivity contribution in [1.82, 2.24) is 15.5 Å². The molecule has 0 amide bonds. The van der Waals surface area contributed by atoms with Crippen LogP contribution in [-0.4, -0.2) is 23.3 Å². The van der Waals surface area contributed by atoms with Crippen molar-refractivity contribution < 1.29 is 13.2 Å². The van der Waals surface area contributed by atoms with E-state index in [1.807, 2.05) is 14.0 Å². The zero-order valence-corrected chi connectivity index (χ0v) is 11.3. The molecule has 1 unspecified atom stereocenters. The average molecular weight is 283 g/mol. The topological polar surface area (TPSA) is 40.7 Å². The van der Waals surface area contributed by atoms with Gasteiger partial charge in [0.15, 0.2) is 0 Å². The van der Waals surface area contributed by atoms with Gasteiger partial charge in [-0.2, -0.15) is 18.3 Å². The summed E-state index contributed by atoms with van der Waals surface area (Å²) in [6.07, 6.45) is -1.85. The van der Waals surface area contributed by atoms with Crippen LogP contribution in [0.2, 0.25) is 0 Å². The Bertz CT molecular complexity index is 558. The van der Waals surface area contributed by atoms with Gasteiger partial charge >= 0.3 is 6.18 Å². The van der Waals surface area contributed by atoms with Gasteiger partial charge in [-0.1, -0.05) is 12.1 Å². The summed E-state index contributed by atoms with van der Waals surface area (Å²) in [6.45, 7) is 2.03. The third-order valence-electron chi connectivity index (χ3n) is 3.24. The van der Waals surface area contributed by atoms with Crippen molar-refractivity contribution in [3.8, 4) is 11.3 Å². The molecule has 6 heteroatoms. The number of rotatable bonds is 4. The van der Waals surface area contributed by atoms with Crippen LogP contribution >= 0.6 is 0 Å². The molecule has 0 aliphatic heterocycles. The summed E-state index contributed by atoms with van der Waals surface area (Å²) < 4.78 is 37.6. The van der Waals surface area contributed by atoms with Crippen LogP contribution in [0.3, 0.4) is 0 Å². The molecule has 3 nitrogen and oxygen atoms in total. The molecule has 2 rings (SSSR count). The van der Waals surface area contributed by atoms with E-state index in [1.165, 1.54) is 12.1 Å². The predicted octanol–water partition coefficient (Wildman–Crippen LogP) is 3.25. The first-order valence-electron chi connectivity index (χ1n) is 6.29. The minimum Gasteiger partial charge on any atom is -0.317 e. The van der Waals surface area contributed by atoms with Crippen LogP contribution in [0.5, 0.6) is 0 Å². The lowest BCUT2D eigenvalue weighted by molar-refractivity contribution is -0.137. The number of H-pyrrole nitrogens is 1. The maximum absolute atomic E-state index is 12.5. The molecule has 20 heavy (non-hydrogen) atoms. The molecule has 0 saturated carbocycles. The van der Waals surface area contributed by atoms with Gasteiger partial charge in [0, 0.05) is 6.04 Å². The van der Waals surface area contributed by atoms with Crippen LogP contribution in [0.25, 0.3) is 11.3 Å². The Hall–Kier alpha value is -1.82. The largest absolute Gasteiger partial charge is 0.416 e. The van der Waals surface area contributed by atoms with E-state index in [4.69, 9.17) is 0 Å². The number of hydrogen-bond acceptors (Lipinski definition) is 2. The smallest absolute Gasteiger partial charge is 0.317 e. The number of hydrogen-bond donors (Lipinski definition) is 2. The lowest BCUT2D eigenvalue weighted by atomic mass is 10.0. The zero-order valence-electron chi connectivity index (χ0n) is 11.3. The molecule has 0 aliphatic rings. The highest BCUT2D eigenvalue weighted by molar-refractivity contribution is 5.63. The van der Waals surface area contributed by atoms with Gasteiger partial charge in [-0.3, -0.25) is 5.10 Å². The summed E-state index contributed by atoms with van der Waals surface area (Å²) in [5.41, 5.74) is 1.80. The standard InChI is InChI=1S/C14H16F3N3/c1-9(18-2)7-11-8-19-20-13(11)10-3-5-12(6-4-10)14(15,16)17/h3-6,8-9,18H,7H2,1-2H3,(H,19,20). The maximum atomic E-state index is 12.5. The van der Waals surface area contributed by atoms with Gasteiger partial charge in [0.2, 0.25) is 0 Å². The molecule has 2 aromatic rings. The third kappa shape index (κ3) is 3.19. The number of aromatic amines is 1. The molecule has 0 spiro atoms. The Morgan fingerprint density at radius 2 is 1.90 bits per heavy atom. The fourth-order valence-corrected chi connectivity index (χ4v) is 1.97. The number of nitrogens with one attached hydrogen (secondary N) is 2. The minimum atomic E-state index is -4.31. The normalized spacial score (nSPS) is 13.4. The Morgan fingerprint density at radius 3 is 2.45 bits per heavy atom. The summed E-state index contributed by atoms with van der Waals surface area (Å²) >= 11 is 0. The minimum absolute atomic E-state index is 0.265. The Morgan fingerprint density at radius 1 is 1.25 bits per heavy atom.